The second-order valence-electron chi connectivity index (χ2n) is 8.39. The van der Waals surface area contributed by atoms with E-state index in [0.29, 0.717) is 18.5 Å². The van der Waals surface area contributed by atoms with E-state index in [4.69, 9.17) is 9.73 Å². The zero-order chi connectivity index (χ0) is 22.0. The summed E-state index contributed by atoms with van der Waals surface area (Å²) in [6.07, 6.45) is 2.39. The number of aliphatic imine (C=N–C) groups is 1. The Morgan fingerprint density at radius 2 is 1.77 bits per heavy atom. The van der Waals surface area contributed by atoms with E-state index >= 15 is 0 Å². The van der Waals surface area contributed by atoms with Crippen molar-refractivity contribution in [3.05, 3.63) is 35.4 Å². The van der Waals surface area contributed by atoms with Crippen LogP contribution in [0.25, 0.3) is 0 Å². The minimum absolute atomic E-state index is 0.0690. The van der Waals surface area contributed by atoms with Crippen LogP contribution in [0.1, 0.15) is 38.3 Å². The standard InChI is InChI=1S/C22H38N4O3S/c1-5-23-22(24-15-19-6-8-20(9-7-19)17-30(4,27)28)25-16-21(14-18(2)3)26-10-12-29-13-11-26/h6-9,18,21H,5,10-17H2,1-4H3,(H2,23,24,25). The molecule has 8 heteroatoms. The molecule has 1 aliphatic rings. The monoisotopic (exact) mass is 438 g/mol. The minimum Gasteiger partial charge on any atom is -0.379 e. The van der Waals surface area contributed by atoms with Crippen LogP contribution in [0.3, 0.4) is 0 Å². The van der Waals surface area contributed by atoms with E-state index in [1.165, 1.54) is 6.26 Å². The Labute approximate surface area is 182 Å². The highest BCUT2D eigenvalue weighted by Gasteiger charge is 2.22. The van der Waals surface area contributed by atoms with Gasteiger partial charge in [0.15, 0.2) is 15.8 Å². The molecule has 1 aromatic rings. The fourth-order valence-corrected chi connectivity index (χ4v) is 4.42. The molecular formula is C22H38N4O3S. The van der Waals surface area contributed by atoms with Crippen LogP contribution in [-0.2, 0) is 26.9 Å². The first-order valence-electron chi connectivity index (χ1n) is 10.9. The molecule has 1 atom stereocenters. The summed E-state index contributed by atoms with van der Waals surface area (Å²) >= 11 is 0. The number of rotatable bonds is 10. The van der Waals surface area contributed by atoms with E-state index in [-0.39, 0.29) is 5.75 Å². The van der Waals surface area contributed by atoms with E-state index in [0.717, 1.165) is 62.9 Å². The molecule has 2 rings (SSSR count). The lowest BCUT2D eigenvalue weighted by Crippen LogP contribution is -2.51. The van der Waals surface area contributed by atoms with Gasteiger partial charge in [-0.05, 0) is 30.4 Å². The lowest BCUT2D eigenvalue weighted by molar-refractivity contribution is 0.0132. The number of hydrogen-bond acceptors (Lipinski definition) is 5. The Kier molecular flexibility index (Phi) is 10.1. The number of benzene rings is 1. The summed E-state index contributed by atoms with van der Waals surface area (Å²) in [5.41, 5.74) is 1.86. The molecule has 1 heterocycles. The number of guanidine groups is 1. The van der Waals surface area contributed by atoms with Gasteiger partial charge in [-0.1, -0.05) is 38.1 Å². The van der Waals surface area contributed by atoms with Gasteiger partial charge in [-0.15, -0.1) is 0 Å². The zero-order valence-electron chi connectivity index (χ0n) is 18.9. The highest BCUT2D eigenvalue weighted by molar-refractivity contribution is 7.89. The van der Waals surface area contributed by atoms with Crippen molar-refractivity contribution >= 4 is 15.8 Å². The average molecular weight is 439 g/mol. The molecule has 0 bridgehead atoms. The van der Waals surface area contributed by atoms with Crippen molar-refractivity contribution in [1.29, 1.82) is 0 Å². The normalized spacial score (nSPS) is 17.2. The third-order valence-electron chi connectivity index (χ3n) is 5.03. The minimum atomic E-state index is -3.02. The van der Waals surface area contributed by atoms with Crippen molar-refractivity contribution in [2.75, 3.05) is 45.6 Å². The molecule has 170 valence electrons. The molecule has 0 amide bonds. The van der Waals surface area contributed by atoms with E-state index < -0.39 is 9.84 Å². The number of nitrogens with one attached hydrogen (secondary N) is 2. The number of ether oxygens (including phenoxy) is 1. The smallest absolute Gasteiger partial charge is 0.191 e. The van der Waals surface area contributed by atoms with Gasteiger partial charge < -0.3 is 15.4 Å². The second-order valence-corrected chi connectivity index (χ2v) is 10.5. The molecule has 1 aromatic carbocycles. The van der Waals surface area contributed by atoms with Crippen LogP contribution < -0.4 is 10.6 Å². The molecule has 2 N–H and O–H groups in total. The average Bonchev–Trinajstić information content (AvgIpc) is 2.69. The molecule has 1 saturated heterocycles. The van der Waals surface area contributed by atoms with Crippen LogP contribution in [-0.4, -0.2) is 71.0 Å². The number of nitrogens with zero attached hydrogens (tertiary/aromatic N) is 2. The Bertz CT molecular complexity index is 757. The molecule has 0 saturated carbocycles. The van der Waals surface area contributed by atoms with Crippen LogP contribution in [0.4, 0.5) is 0 Å². The quantitative estimate of drug-likeness (QED) is 0.430. The fraction of sp³-hybridized carbons (Fsp3) is 0.682. The third kappa shape index (κ3) is 9.45. The third-order valence-corrected chi connectivity index (χ3v) is 5.88. The highest BCUT2D eigenvalue weighted by Crippen LogP contribution is 2.13. The van der Waals surface area contributed by atoms with Gasteiger partial charge >= 0.3 is 0 Å². The summed E-state index contributed by atoms with van der Waals surface area (Å²) in [6.45, 7) is 12.3. The largest absolute Gasteiger partial charge is 0.379 e. The molecule has 7 nitrogen and oxygen atoms in total. The summed E-state index contributed by atoms with van der Waals surface area (Å²) in [4.78, 5) is 7.23. The van der Waals surface area contributed by atoms with Crippen LogP contribution in [0.5, 0.6) is 0 Å². The molecule has 1 fully saturated rings. The Morgan fingerprint density at radius 1 is 1.13 bits per heavy atom. The van der Waals surface area contributed by atoms with Gasteiger partial charge in [-0.3, -0.25) is 4.90 Å². The second kappa shape index (κ2) is 12.3. The lowest BCUT2D eigenvalue weighted by atomic mass is 10.0. The van der Waals surface area contributed by atoms with Crippen molar-refractivity contribution in [1.82, 2.24) is 15.5 Å². The van der Waals surface area contributed by atoms with Crippen LogP contribution in [0.2, 0.25) is 0 Å². The van der Waals surface area contributed by atoms with Crippen LogP contribution in [0, 0.1) is 5.92 Å². The van der Waals surface area contributed by atoms with Gasteiger partial charge in [0.05, 0.1) is 25.5 Å². The first-order valence-corrected chi connectivity index (χ1v) is 12.9. The molecule has 30 heavy (non-hydrogen) atoms. The first-order chi connectivity index (χ1) is 14.3. The predicted octanol–water partition coefficient (Wildman–Crippen LogP) is 2.03. The molecule has 0 spiro atoms. The SMILES string of the molecule is CCNC(=NCc1ccc(CS(C)(=O)=O)cc1)NCC(CC(C)C)N1CCOCC1. The molecule has 1 aliphatic heterocycles. The maximum Gasteiger partial charge on any atom is 0.191 e. The fourth-order valence-electron chi connectivity index (χ4n) is 3.62. The maximum atomic E-state index is 11.4. The van der Waals surface area contributed by atoms with Gasteiger partial charge in [0.1, 0.15) is 0 Å². The van der Waals surface area contributed by atoms with E-state index in [1.807, 2.05) is 24.3 Å². The van der Waals surface area contributed by atoms with Crippen molar-refractivity contribution in [2.45, 2.75) is 45.5 Å². The van der Waals surface area contributed by atoms with Gasteiger partial charge in [0.2, 0.25) is 0 Å². The summed E-state index contributed by atoms with van der Waals surface area (Å²) in [5.74, 6) is 1.50. The Balaban J connectivity index is 1.96. The zero-order valence-corrected chi connectivity index (χ0v) is 19.7. The Morgan fingerprint density at radius 3 is 2.33 bits per heavy atom. The number of morpholine rings is 1. The van der Waals surface area contributed by atoms with E-state index in [1.54, 1.807) is 0 Å². The molecule has 1 unspecified atom stereocenters. The van der Waals surface area contributed by atoms with E-state index in [2.05, 4.69) is 36.3 Å². The van der Waals surface area contributed by atoms with Gasteiger partial charge in [0, 0.05) is 38.5 Å². The molecule has 0 aliphatic carbocycles. The lowest BCUT2D eigenvalue weighted by Gasteiger charge is -2.35. The van der Waals surface area contributed by atoms with Crippen molar-refractivity contribution in [2.24, 2.45) is 10.9 Å². The van der Waals surface area contributed by atoms with Crippen molar-refractivity contribution in [3.63, 3.8) is 0 Å². The first kappa shape index (κ1) is 24.6. The van der Waals surface area contributed by atoms with Crippen LogP contribution >= 0.6 is 0 Å². The van der Waals surface area contributed by atoms with Gasteiger partial charge in [0.25, 0.3) is 0 Å². The number of sulfone groups is 1. The molecule has 0 radical (unpaired) electrons. The Hall–Kier alpha value is -1.64. The van der Waals surface area contributed by atoms with Gasteiger partial charge in [-0.2, -0.15) is 0 Å². The van der Waals surface area contributed by atoms with Crippen molar-refractivity contribution in [3.8, 4) is 0 Å². The predicted molar refractivity (Wildman–Crippen MR) is 123 cm³/mol. The molecule has 0 aromatic heterocycles. The summed E-state index contributed by atoms with van der Waals surface area (Å²) < 4.78 is 28.4. The summed E-state index contributed by atoms with van der Waals surface area (Å²) in [5, 5.41) is 6.84. The van der Waals surface area contributed by atoms with E-state index in [9.17, 15) is 8.42 Å². The summed E-state index contributed by atoms with van der Waals surface area (Å²) in [6, 6.07) is 8.08. The topological polar surface area (TPSA) is 83.0 Å². The highest BCUT2D eigenvalue weighted by atomic mass is 32.2. The van der Waals surface area contributed by atoms with Crippen LogP contribution in [0.15, 0.2) is 29.3 Å². The van der Waals surface area contributed by atoms with Gasteiger partial charge in [-0.25, -0.2) is 13.4 Å². The van der Waals surface area contributed by atoms with Crippen molar-refractivity contribution < 1.29 is 13.2 Å². The maximum absolute atomic E-state index is 11.4. The summed E-state index contributed by atoms with van der Waals surface area (Å²) in [7, 11) is -3.02. The number of hydrogen-bond donors (Lipinski definition) is 2. The molecular weight excluding hydrogens is 400 g/mol.